The van der Waals surface area contributed by atoms with E-state index in [1.54, 1.807) is 21.0 Å². The smallest absolute Gasteiger partial charge is 0.337 e. The zero-order valence-electron chi connectivity index (χ0n) is 13.1. The molecular formula is C15H26O5. The van der Waals surface area contributed by atoms with Crippen LogP contribution in [0.1, 0.15) is 47.0 Å². The van der Waals surface area contributed by atoms with Crippen LogP contribution in [0.25, 0.3) is 0 Å². The maximum atomic E-state index is 11.6. The van der Waals surface area contributed by atoms with Gasteiger partial charge in [-0.25, -0.2) is 4.79 Å². The summed E-state index contributed by atoms with van der Waals surface area (Å²) in [7, 11) is 1.67. The summed E-state index contributed by atoms with van der Waals surface area (Å²) >= 11 is 0. The number of carbonyl (C=O) groups excluding carboxylic acids is 1. The first-order chi connectivity index (χ1) is 9.21. The Hall–Kier alpha value is -1.07. The fourth-order valence-electron chi connectivity index (χ4n) is 2.45. The van der Waals surface area contributed by atoms with E-state index < -0.39 is 5.79 Å². The van der Waals surface area contributed by atoms with E-state index in [4.69, 9.17) is 19.3 Å². The fourth-order valence-corrected chi connectivity index (χ4v) is 2.45. The molecule has 116 valence electrons. The van der Waals surface area contributed by atoms with Crippen LogP contribution in [0.3, 0.4) is 0 Å². The summed E-state index contributed by atoms with van der Waals surface area (Å²) in [4.78, 5) is 11.6. The van der Waals surface area contributed by atoms with Crippen molar-refractivity contribution in [1.29, 1.82) is 0 Å². The number of esters is 1. The van der Waals surface area contributed by atoms with Crippen molar-refractivity contribution in [3.8, 4) is 0 Å². The molecule has 20 heavy (non-hydrogen) atoms. The first-order valence-corrected chi connectivity index (χ1v) is 7.01. The van der Waals surface area contributed by atoms with Gasteiger partial charge in [-0.2, -0.15) is 0 Å². The molecule has 0 bridgehead atoms. The summed E-state index contributed by atoms with van der Waals surface area (Å²) in [5, 5.41) is 8.96. The van der Waals surface area contributed by atoms with Crippen molar-refractivity contribution in [2.75, 3.05) is 13.7 Å². The van der Waals surface area contributed by atoms with Gasteiger partial charge in [-0.05, 0) is 26.2 Å². The van der Waals surface area contributed by atoms with E-state index in [1.807, 2.05) is 13.8 Å². The molecule has 1 rings (SSSR count). The number of ether oxygens (including phenoxy) is 3. The standard InChI is InChI=1S/C15H26O5/c1-11(10-15(4,18-5)7-6-8-16)12-9-13(17)20-14(2,3)19-12/h9,11,16H,6-8,10H2,1-5H3/t11-,15+/m0/s1. The molecule has 0 aromatic rings. The molecule has 0 aromatic heterocycles. The number of methoxy groups -OCH3 is 1. The van der Waals surface area contributed by atoms with E-state index in [2.05, 4.69) is 0 Å². The van der Waals surface area contributed by atoms with E-state index in [0.717, 1.165) is 6.42 Å². The van der Waals surface area contributed by atoms with Gasteiger partial charge in [0, 0.05) is 33.5 Å². The third-order valence-corrected chi connectivity index (χ3v) is 3.55. The monoisotopic (exact) mass is 286 g/mol. The average Bonchev–Trinajstić information content (AvgIpc) is 2.34. The van der Waals surface area contributed by atoms with Gasteiger partial charge in [0.1, 0.15) is 5.76 Å². The molecule has 0 spiro atoms. The molecular weight excluding hydrogens is 260 g/mol. The summed E-state index contributed by atoms with van der Waals surface area (Å²) in [5.74, 6) is -0.647. The van der Waals surface area contributed by atoms with Gasteiger partial charge in [0.15, 0.2) is 0 Å². The number of cyclic esters (lactones) is 1. The van der Waals surface area contributed by atoms with E-state index in [-0.39, 0.29) is 24.1 Å². The maximum Gasteiger partial charge on any atom is 0.337 e. The second-order valence-electron chi connectivity index (χ2n) is 6.06. The van der Waals surface area contributed by atoms with Crippen LogP contribution < -0.4 is 0 Å². The molecule has 0 amide bonds. The lowest BCUT2D eigenvalue weighted by atomic mass is 9.87. The van der Waals surface area contributed by atoms with Crippen molar-refractivity contribution in [3.05, 3.63) is 11.8 Å². The number of hydrogen-bond donors (Lipinski definition) is 1. The second kappa shape index (κ2) is 6.59. The molecule has 1 aliphatic rings. The summed E-state index contributed by atoms with van der Waals surface area (Å²) in [6.07, 6.45) is 3.55. The highest BCUT2D eigenvalue weighted by atomic mass is 16.7. The summed E-state index contributed by atoms with van der Waals surface area (Å²) in [6, 6.07) is 0. The Balaban J connectivity index is 2.74. The minimum absolute atomic E-state index is 0.0331. The second-order valence-corrected chi connectivity index (χ2v) is 6.06. The number of allylic oxidation sites excluding steroid dienone is 1. The van der Waals surface area contributed by atoms with Crippen LogP contribution >= 0.6 is 0 Å². The van der Waals surface area contributed by atoms with Gasteiger partial charge in [0.25, 0.3) is 0 Å². The molecule has 0 saturated heterocycles. The Labute approximate surface area is 120 Å². The summed E-state index contributed by atoms with van der Waals surface area (Å²) in [6.45, 7) is 7.58. The van der Waals surface area contributed by atoms with Crippen LogP contribution in [0, 0.1) is 5.92 Å². The summed E-state index contributed by atoms with van der Waals surface area (Å²) in [5.41, 5.74) is -0.349. The highest BCUT2D eigenvalue weighted by molar-refractivity contribution is 5.83. The zero-order chi connectivity index (χ0) is 15.4. The minimum Gasteiger partial charge on any atom is -0.457 e. The SMILES string of the molecule is CO[C@](C)(CCCO)C[C@H](C)C1=CC(=O)OC(C)(C)O1. The number of hydrogen-bond acceptors (Lipinski definition) is 5. The number of aliphatic hydroxyl groups is 1. The molecule has 5 heteroatoms. The average molecular weight is 286 g/mol. The van der Waals surface area contributed by atoms with Crippen molar-refractivity contribution in [3.63, 3.8) is 0 Å². The van der Waals surface area contributed by atoms with Gasteiger partial charge in [-0.1, -0.05) is 6.92 Å². The number of aliphatic hydroxyl groups excluding tert-OH is 1. The molecule has 0 aromatic carbocycles. The largest absolute Gasteiger partial charge is 0.457 e. The van der Waals surface area contributed by atoms with Crippen LogP contribution in [0.2, 0.25) is 0 Å². The third kappa shape index (κ3) is 4.80. The number of carbonyl (C=O) groups is 1. The Kier molecular flexibility index (Phi) is 5.59. The van der Waals surface area contributed by atoms with Gasteiger partial charge in [0.05, 0.1) is 11.7 Å². The van der Waals surface area contributed by atoms with Crippen molar-refractivity contribution < 1.29 is 24.1 Å². The molecule has 0 fully saturated rings. The Morgan fingerprint density at radius 2 is 2.10 bits per heavy atom. The predicted molar refractivity (Wildman–Crippen MR) is 74.9 cm³/mol. The van der Waals surface area contributed by atoms with Gasteiger partial charge in [-0.15, -0.1) is 0 Å². The van der Waals surface area contributed by atoms with Crippen LogP contribution in [0.4, 0.5) is 0 Å². The van der Waals surface area contributed by atoms with E-state index in [1.165, 1.54) is 6.08 Å². The molecule has 2 atom stereocenters. The lowest BCUT2D eigenvalue weighted by Gasteiger charge is -2.36. The first kappa shape index (κ1) is 17.0. The normalized spacial score (nSPS) is 22.3. The topological polar surface area (TPSA) is 65.0 Å². The van der Waals surface area contributed by atoms with Gasteiger partial charge in [-0.3, -0.25) is 0 Å². The van der Waals surface area contributed by atoms with Crippen LogP contribution in [0.5, 0.6) is 0 Å². The van der Waals surface area contributed by atoms with Crippen molar-refractivity contribution >= 4 is 5.97 Å². The third-order valence-electron chi connectivity index (χ3n) is 3.55. The van der Waals surface area contributed by atoms with Crippen molar-refractivity contribution in [2.24, 2.45) is 5.92 Å². The van der Waals surface area contributed by atoms with Crippen LogP contribution in [0.15, 0.2) is 11.8 Å². The molecule has 5 nitrogen and oxygen atoms in total. The Morgan fingerprint density at radius 3 is 2.60 bits per heavy atom. The predicted octanol–water partition coefficient (Wildman–Crippen LogP) is 2.38. The minimum atomic E-state index is -0.927. The van der Waals surface area contributed by atoms with Gasteiger partial charge >= 0.3 is 5.97 Å². The number of rotatable bonds is 7. The van der Waals surface area contributed by atoms with E-state index >= 15 is 0 Å². The molecule has 0 aliphatic carbocycles. The molecule has 0 radical (unpaired) electrons. The Morgan fingerprint density at radius 1 is 1.45 bits per heavy atom. The molecule has 1 N–H and O–H groups in total. The lowest BCUT2D eigenvalue weighted by molar-refractivity contribution is -0.209. The zero-order valence-corrected chi connectivity index (χ0v) is 13.1. The molecule has 1 aliphatic heterocycles. The highest BCUT2D eigenvalue weighted by Gasteiger charge is 2.35. The fraction of sp³-hybridized carbons (Fsp3) is 0.800. The maximum absolute atomic E-state index is 11.6. The molecule has 1 heterocycles. The molecule has 0 saturated carbocycles. The molecule has 0 unspecified atom stereocenters. The lowest BCUT2D eigenvalue weighted by Crippen LogP contribution is -2.37. The summed E-state index contributed by atoms with van der Waals surface area (Å²) < 4.78 is 16.4. The highest BCUT2D eigenvalue weighted by Crippen LogP contribution is 2.33. The van der Waals surface area contributed by atoms with Crippen molar-refractivity contribution in [1.82, 2.24) is 0 Å². The van der Waals surface area contributed by atoms with Gasteiger partial charge < -0.3 is 19.3 Å². The van der Waals surface area contributed by atoms with Crippen LogP contribution in [-0.4, -0.2) is 36.2 Å². The van der Waals surface area contributed by atoms with E-state index in [9.17, 15) is 4.79 Å². The first-order valence-electron chi connectivity index (χ1n) is 7.01. The van der Waals surface area contributed by atoms with Crippen LogP contribution in [-0.2, 0) is 19.0 Å². The van der Waals surface area contributed by atoms with E-state index in [0.29, 0.717) is 18.6 Å². The van der Waals surface area contributed by atoms with Gasteiger partial charge in [0.2, 0.25) is 5.79 Å². The van der Waals surface area contributed by atoms with Crippen molar-refractivity contribution in [2.45, 2.75) is 58.3 Å². The quantitative estimate of drug-likeness (QED) is 0.728. The Bertz CT molecular complexity index is 374.